The van der Waals surface area contributed by atoms with Crippen molar-refractivity contribution in [2.45, 2.75) is 12.1 Å². The number of aldehydes is 1. The van der Waals surface area contributed by atoms with E-state index in [0.29, 0.717) is 22.6 Å². The van der Waals surface area contributed by atoms with Crippen LogP contribution in [0.25, 0.3) is 11.0 Å². The second-order valence-corrected chi connectivity index (χ2v) is 4.47. The molecule has 1 aromatic carbocycles. The lowest BCUT2D eigenvalue weighted by Gasteiger charge is -2.16. The van der Waals surface area contributed by atoms with Crippen molar-refractivity contribution in [2.24, 2.45) is 5.73 Å². The van der Waals surface area contributed by atoms with E-state index in [2.05, 4.69) is 16.5 Å². The number of aromatic nitrogens is 2. The Labute approximate surface area is 115 Å². The van der Waals surface area contributed by atoms with Gasteiger partial charge in [0.2, 0.25) is 0 Å². The van der Waals surface area contributed by atoms with Crippen LogP contribution in [0.5, 0.6) is 0 Å². The molecule has 2 atom stereocenters. The fraction of sp³-hybridized carbons (Fsp3) is 0.231. The Morgan fingerprint density at radius 2 is 2.37 bits per heavy atom. The zero-order valence-corrected chi connectivity index (χ0v) is 10.9. The highest BCUT2D eigenvalue weighted by Crippen LogP contribution is 2.20. The van der Waals surface area contributed by atoms with Crippen LogP contribution < -0.4 is 5.73 Å². The molecule has 0 spiro atoms. The highest BCUT2D eigenvalue weighted by Gasteiger charge is 2.22. The summed E-state index contributed by atoms with van der Waals surface area (Å²) in [7, 11) is 0. The number of nitrogens with two attached hydrogens (primary N) is 1. The van der Waals surface area contributed by atoms with Crippen LogP contribution >= 0.6 is 11.6 Å². The van der Waals surface area contributed by atoms with Crippen molar-refractivity contribution in [3.05, 3.63) is 41.7 Å². The predicted molar refractivity (Wildman–Crippen MR) is 74.0 cm³/mol. The van der Waals surface area contributed by atoms with Crippen molar-refractivity contribution in [2.75, 3.05) is 6.61 Å². The molecule has 19 heavy (non-hydrogen) atoms. The first-order chi connectivity index (χ1) is 9.15. The van der Waals surface area contributed by atoms with E-state index in [4.69, 9.17) is 22.1 Å². The first kappa shape index (κ1) is 13.7. The third kappa shape index (κ3) is 3.01. The average molecular weight is 280 g/mol. The highest BCUT2D eigenvalue weighted by atomic mass is 35.5. The Morgan fingerprint density at radius 1 is 1.58 bits per heavy atom. The fourth-order valence-electron chi connectivity index (χ4n) is 1.72. The molecule has 0 fully saturated rings. The molecule has 0 aliphatic heterocycles. The fourth-order valence-corrected chi connectivity index (χ4v) is 1.89. The van der Waals surface area contributed by atoms with E-state index in [0.717, 1.165) is 5.52 Å². The standard InChI is InChI=1S/C13H14ClN3O2/c1-2-5-19-11(7-18)12(15)13-16-9-4-3-8(14)6-10(9)17-13/h2-4,6-7,11-12H,1,5,15H2,(H,16,17)/t11?,12-/m1/s1. The molecular weight excluding hydrogens is 266 g/mol. The minimum Gasteiger partial charge on any atom is -0.365 e. The van der Waals surface area contributed by atoms with Crippen molar-refractivity contribution >= 4 is 28.9 Å². The monoisotopic (exact) mass is 279 g/mol. The first-order valence-corrected chi connectivity index (χ1v) is 6.12. The number of hydrogen-bond acceptors (Lipinski definition) is 4. The largest absolute Gasteiger partial charge is 0.365 e. The molecule has 0 saturated heterocycles. The molecule has 5 nitrogen and oxygen atoms in total. The smallest absolute Gasteiger partial charge is 0.150 e. The van der Waals surface area contributed by atoms with Gasteiger partial charge in [0, 0.05) is 5.02 Å². The second-order valence-electron chi connectivity index (χ2n) is 4.03. The Morgan fingerprint density at radius 3 is 3.05 bits per heavy atom. The van der Waals surface area contributed by atoms with E-state index in [9.17, 15) is 4.79 Å². The number of ether oxygens (including phenoxy) is 1. The number of nitrogens with one attached hydrogen (secondary N) is 1. The molecule has 0 saturated carbocycles. The maximum atomic E-state index is 11.0. The predicted octanol–water partition coefficient (Wildman–Crippen LogP) is 1.99. The molecule has 2 aromatic rings. The zero-order valence-electron chi connectivity index (χ0n) is 10.2. The summed E-state index contributed by atoms with van der Waals surface area (Å²) >= 11 is 5.89. The molecule has 1 unspecified atom stereocenters. The van der Waals surface area contributed by atoms with E-state index in [1.807, 2.05) is 0 Å². The van der Waals surface area contributed by atoms with Crippen LogP contribution in [0.2, 0.25) is 5.02 Å². The summed E-state index contributed by atoms with van der Waals surface area (Å²) in [5.74, 6) is 0.485. The van der Waals surface area contributed by atoms with Crippen LogP contribution in [0.3, 0.4) is 0 Å². The number of benzene rings is 1. The van der Waals surface area contributed by atoms with E-state index in [-0.39, 0.29) is 6.61 Å². The van der Waals surface area contributed by atoms with Gasteiger partial charge in [-0.15, -0.1) is 6.58 Å². The lowest BCUT2D eigenvalue weighted by atomic mass is 10.2. The summed E-state index contributed by atoms with van der Waals surface area (Å²) in [6, 6.07) is 4.62. The minimum absolute atomic E-state index is 0.253. The molecule has 100 valence electrons. The number of hydrogen-bond donors (Lipinski definition) is 2. The van der Waals surface area contributed by atoms with Crippen molar-refractivity contribution in [1.82, 2.24) is 9.97 Å². The van der Waals surface area contributed by atoms with Crippen LogP contribution in [-0.4, -0.2) is 29.0 Å². The summed E-state index contributed by atoms with van der Waals surface area (Å²) in [5.41, 5.74) is 7.48. The molecule has 1 aromatic heterocycles. The van der Waals surface area contributed by atoms with Crippen LogP contribution in [0, 0.1) is 0 Å². The molecule has 0 bridgehead atoms. The Balaban J connectivity index is 2.26. The van der Waals surface area contributed by atoms with E-state index >= 15 is 0 Å². The number of H-pyrrole nitrogens is 1. The zero-order chi connectivity index (χ0) is 13.8. The number of carbonyl (C=O) groups is 1. The lowest BCUT2D eigenvalue weighted by molar-refractivity contribution is -0.118. The van der Waals surface area contributed by atoms with Crippen molar-refractivity contribution < 1.29 is 9.53 Å². The SMILES string of the molecule is C=CCOC(C=O)[C@@H](N)c1nc2cc(Cl)ccc2[nH]1. The van der Waals surface area contributed by atoms with Crippen LogP contribution in [0.4, 0.5) is 0 Å². The number of fused-ring (bicyclic) bond motifs is 1. The Kier molecular flexibility index (Phi) is 4.31. The average Bonchev–Trinajstić information content (AvgIpc) is 2.82. The van der Waals surface area contributed by atoms with Crippen LogP contribution in [0.15, 0.2) is 30.9 Å². The van der Waals surface area contributed by atoms with Gasteiger partial charge in [-0.3, -0.25) is 0 Å². The first-order valence-electron chi connectivity index (χ1n) is 5.74. The number of nitrogens with zero attached hydrogens (tertiary/aromatic N) is 1. The van der Waals surface area contributed by atoms with Gasteiger partial charge in [0.05, 0.1) is 23.7 Å². The van der Waals surface area contributed by atoms with Crippen LogP contribution in [0.1, 0.15) is 11.9 Å². The van der Waals surface area contributed by atoms with Gasteiger partial charge in [-0.1, -0.05) is 17.7 Å². The molecule has 1 heterocycles. The van der Waals surface area contributed by atoms with E-state index in [1.165, 1.54) is 0 Å². The molecule has 0 amide bonds. The van der Waals surface area contributed by atoms with Crippen molar-refractivity contribution in [3.63, 3.8) is 0 Å². The van der Waals surface area contributed by atoms with Gasteiger partial charge >= 0.3 is 0 Å². The molecule has 0 aliphatic rings. The van der Waals surface area contributed by atoms with E-state index < -0.39 is 12.1 Å². The summed E-state index contributed by atoms with van der Waals surface area (Å²) in [5, 5.41) is 0.592. The molecule has 3 N–H and O–H groups in total. The van der Waals surface area contributed by atoms with Gasteiger partial charge in [-0.05, 0) is 18.2 Å². The summed E-state index contributed by atoms with van der Waals surface area (Å²) in [6.45, 7) is 3.78. The third-order valence-corrected chi connectivity index (χ3v) is 2.91. The molecular formula is C13H14ClN3O2. The van der Waals surface area contributed by atoms with Crippen molar-refractivity contribution in [3.8, 4) is 0 Å². The van der Waals surface area contributed by atoms with Gasteiger partial charge in [0.1, 0.15) is 11.9 Å². The lowest BCUT2D eigenvalue weighted by Crippen LogP contribution is -2.31. The number of aromatic amines is 1. The molecule has 2 rings (SSSR count). The third-order valence-electron chi connectivity index (χ3n) is 2.67. The van der Waals surface area contributed by atoms with E-state index in [1.54, 1.807) is 24.3 Å². The van der Waals surface area contributed by atoms with Gasteiger partial charge in [-0.25, -0.2) is 4.98 Å². The quantitative estimate of drug-likeness (QED) is 0.626. The number of imidazole rings is 1. The summed E-state index contributed by atoms with van der Waals surface area (Å²) in [6.07, 6.45) is 1.45. The Bertz CT molecular complexity index is 597. The summed E-state index contributed by atoms with van der Waals surface area (Å²) < 4.78 is 5.28. The number of halogens is 1. The molecule has 0 radical (unpaired) electrons. The van der Waals surface area contributed by atoms with Crippen molar-refractivity contribution in [1.29, 1.82) is 0 Å². The molecule has 0 aliphatic carbocycles. The number of carbonyl (C=O) groups excluding carboxylic acids is 1. The van der Waals surface area contributed by atoms with Gasteiger partial charge < -0.3 is 20.2 Å². The minimum atomic E-state index is -0.769. The van der Waals surface area contributed by atoms with Gasteiger partial charge in [-0.2, -0.15) is 0 Å². The topological polar surface area (TPSA) is 81.0 Å². The van der Waals surface area contributed by atoms with Gasteiger partial charge in [0.15, 0.2) is 6.29 Å². The Hall–Kier alpha value is -1.69. The maximum absolute atomic E-state index is 11.0. The second kappa shape index (κ2) is 5.97. The maximum Gasteiger partial charge on any atom is 0.150 e. The summed E-state index contributed by atoms with van der Waals surface area (Å²) in [4.78, 5) is 18.4. The van der Waals surface area contributed by atoms with Gasteiger partial charge in [0.25, 0.3) is 0 Å². The normalized spacial score (nSPS) is 14.2. The highest BCUT2D eigenvalue weighted by molar-refractivity contribution is 6.31. The van der Waals surface area contributed by atoms with Crippen LogP contribution in [-0.2, 0) is 9.53 Å². The number of rotatable bonds is 6. The molecule has 6 heteroatoms.